The number of nitrogen functional groups attached to an aromatic ring is 1. The van der Waals surface area contributed by atoms with Crippen LogP contribution in [-0.2, 0) is 6.54 Å². The normalized spacial score (nSPS) is 10.8. The van der Waals surface area contributed by atoms with Gasteiger partial charge in [-0.2, -0.15) is 10.4 Å². The third kappa shape index (κ3) is 3.39. The second kappa shape index (κ2) is 7.29. The summed E-state index contributed by atoms with van der Waals surface area (Å²) in [5.41, 5.74) is 6.76. The number of anilines is 2. The lowest BCUT2D eigenvalue weighted by molar-refractivity contribution is 0.602. The van der Waals surface area contributed by atoms with Crippen molar-refractivity contribution in [2.24, 2.45) is 0 Å². The third-order valence-corrected chi connectivity index (χ3v) is 4.41. The molecule has 0 atom stereocenters. The van der Waals surface area contributed by atoms with Gasteiger partial charge in [-0.05, 0) is 24.3 Å². The molecular weight excluding hydrogens is 402 g/mol. The lowest BCUT2D eigenvalue weighted by atomic mass is 10.1. The summed E-state index contributed by atoms with van der Waals surface area (Å²) in [4.78, 5) is 11.9. The molecule has 3 aromatic heterocycles. The Morgan fingerprint density at radius 1 is 1.21 bits per heavy atom. The number of nitriles is 1. The number of imidazole rings is 1. The first-order valence-corrected chi connectivity index (χ1v) is 8.58. The van der Waals surface area contributed by atoms with Crippen molar-refractivity contribution >= 4 is 28.9 Å². The molecule has 0 unspecified atom stereocenters. The average molecular weight is 413 g/mol. The standard InChI is InChI=1S/C18H11ClF2N8/c19-14-7-24-15-3-9(6-25-18-12(5-22)17(23)26-8-27-18)16(28-29(14)15)11-4-10(20)1-2-13(11)21/h1-4,7-8H,6H2,(H3,23,25,26,27). The monoisotopic (exact) mass is 412 g/mol. The van der Waals surface area contributed by atoms with Gasteiger partial charge in [0.2, 0.25) is 0 Å². The molecule has 3 heterocycles. The Bertz CT molecular complexity index is 1280. The SMILES string of the molecule is N#Cc1c(N)ncnc1NCc1cc2ncc(Cl)n2nc1-c1cc(F)ccc1F. The van der Waals surface area contributed by atoms with Gasteiger partial charge in [-0.3, -0.25) is 0 Å². The van der Waals surface area contributed by atoms with Gasteiger partial charge in [-0.25, -0.2) is 28.2 Å². The Morgan fingerprint density at radius 2 is 2.03 bits per heavy atom. The fourth-order valence-electron chi connectivity index (χ4n) is 2.79. The maximum Gasteiger partial charge on any atom is 0.155 e. The second-order valence-corrected chi connectivity index (χ2v) is 6.33. The lowest BCUT2D eigenvalue weighted by Crippen LogP contribution is -2.10. The zero-order valence-electron chi connectivity index (χ0n) is 14.6. The van der Waals surface area contributed by atoms with E-state index in [2.05, 4.69) is 25.4 Å². The minimum atomic E-state index is -0.653. The number of nitrogens with zero attached hydrogens (tertiary/aromatic N) is 6. The van der Waals surface area contributed by atoms with Gasteiger partial charge in [0.25, 0.3) is 0 Å². The van der Waals surface area contributed by atoms with Crippen LogP contribution in [0.5, 0.6) is 0 Å². The van der Waals surface area contributed by atoms with E-state index < -0.39 is 11.6 Å². The highest BCUT2D eigenvalue weighted by Gasteiger charge is 2.17. The van der Waals surface area contributed by atoms with E-state index in [0.29, 0.717) is 11.2 Å². The number of hydrogen-bond acceptors (Lipinski definition) is 7. The van der Waals surface area contributed by atoms with Crippen LogP contribution in [-0.4, -0.2) is 24.6 Å². The van der Waals surface area contributed by atoms with Gasteiger partial charge in [0, 0.05) is 17.7 Å². The molecule has 1 aromatic carbocycles. The molecule has 0 radical (unpaired) electrons. The van der Waals surface area contributed by atoms with E-state index in [1.54, 1.807) is 6.07 Å². The summed E-state index contributed by atoms with van der Waals surface area (Å²) in [6.07, 6.45) is 2.60. The minimum Gasteiger partial charge on any atom is -0.382 e. The largest absolute Gasteiger partial charge is 0.382 e. The van der Waals surface area contributed by atoms with Crippen molar-refractivity contribution in [3.05, 3.63) is 64.7 Å². The van der Waals surface area contributed by atoms with E-state index in [-0.39, 0.29) is 40.2 Å². The van der Waals surface area contributed by atoms with Crippen LogP contribution in [0.2, 0.25) is 5.15 Å². The molecular formula is C18H11ClF2N8. The van der Waals surface area contributed by atoms with E-state index in [1.807, 2.05) is 6.07 Å². The Kier molecular flexibility index (Phi) is 4.66. The number of nitrogens with one attached hydrogen (secondary N) is 1. The number of benzene rings is 1. The number of aromatic nitrogens is 5. The van der Waals surface area contributed by atoms with Crippen LogP contribution in [0, 0.1) is 23.0 Å². The maximum absolute atomic E-state index is 14.4. The van der Waals surface area contributed by atoms with Crippen molar-refractivity contribution in [2.45, 2.75) is 6.54 Å². The molecule has 4 rings (SSSR count). The number of hydrogen-bond donors (Lipinski definition) is 2. The quantitative estimate of drug-likeness (QED) is 0.528. The molecule has 0 spiro atoms. The summed E-state index contributed by atoms with van der Waals surface area (Å²) in [6.45, 7) is 0.0738. The zero-order chi connectivity index (χ0) is 20.5. The predicted molar refractivity (Wildman–Crippen MR) is 102 cm³/mol. The van der Waals surface area contributed by atoms with Gasteiger partial charge in [0.1, 0.15) is 41.2 Å². The molecule has 0 aliphatic carbocycles. The highest BCUT2D eigenvalue weighted by molar-refractivity contribution is 6.29. The molecule has 0 amide bonds. The molecule has 11 heteroatoms. The van der Waals surface area contributed by atoms with Crippen LogP contribution in [0.1, 0.15) is 11.1 Å². The van der Waals surface area contributed by atoms with Gasteiger partial charge in [-0.15, -0.1) is 0 Å². The van der Waals surface area contributed by atoms with Gasteiger partial charge < -0.3 is 11.1 Å². The zero-order valence-corrected chi connectivity index (χ0v) is 15.3. The van der Waals surface area contributed by atoms with Gasteiger partial charge >= 0.3 is 0 Å². The molecule has 0 saturated carbocycles. The van der Waals surface area contributed by atoms with Crippen LogP contribution < -0.4 is 11.1 Å². The van der Waals surface area contributed by atoms with Crippen LogP contribution in [0.15, 0.2) is 36.8 Å². The van der Waals surface area contributed by atoms with Crippen molar-refractivity contribution in [3.63, 3.8) is 0 Å². The Hall–Kier alpha value is -3.84. The first kappa shape index (κ1) is 18.5. The van der Waals surface area contributed by atoms with Crippen molar-refractivity contribution < 1.29 is 8.78 Å². The van der Waals surface area contributed by atoms with Crippen LogP contribution in [0.4, 0.5) is 20.4 Å². The predicted octanol–water partition coefficient (Wildman–Crippen LogP) is 3.18. The summed E-state index contributed by atoms with van der Waals surface area (Å²) in [6, 6.07) is 6.63. The molecule has 144 valence electrons. The molecule has 29 heavy (non-hydrogen) atoms. The highest BCUT2D eigenvalue weighted by atomic mass is 35.5. The maximum atomic E-state index is 14.4. The molecule has 0 fully saturated rings. The molecule has 0 aliphatic heterocycles. The van der Waals surface area contributed by atoms with E-state index in [1.165, 1.54) is 17.0 Å². The van der Waals surface area contributed by atoms with E-state index in [9.17, 15) is 14.0 Å². The van der Waals surface area contributed by atoms with Crippen molar-refractivity contribution in [1.82, 2.24) is 24.6 Å². The summed E-state index contributed by atoms with van der Waals surface area (Å²) in [5.74, 6) is -1.05. The van der Waals surface area contributed by atoms with Crippen molar-refractivity contribution in [1.29, 1.82) is 5.26 Å². The van der Waals surface area contributed by atoms with Crippen LogP contribution in [0.25, 0.3) is 16.9 Å². The molecule has 3 N–H and O–H groups in total. The number of halogens is 3. The fraction of sp³-hybridized carbons (Fsp3) is 0.0556. The van der Waals surface area contributed by atoms with Crippen LogP contribution in [0.3, 0.4) is 0 Å². The molecule has 4 aromatic rings. The molecule has 0 bridgehead atoms. The number of fused-ring (bicyclic) bond motifs is 1. The molecule has 8 nitrogen and oxygen atoms in total. The Labute approximate surface area is 167 Å². The summed E-state index contributed by atoms with van der Waals surface area (Å²) in [7, 11) is 0. The smallest absolute Gasteiger partial charge is 0.155 e. The van der Waals surface area contributed by atoms with Gasteiger partial charge in [0.05, 0.1) is 11.9 Å². The Balaban J connectivity index is 1.82. The van der Waals surface area contributed by atoms with Crippen LogP contribution >= 0.6 is 11.6 Å². The Morgan fingerprint density at radius 3 is 2.83 bits per heavy atom. The summed E-state index contributed by atoms with van der Waals surface area (Å²) in [5, 5.41) is 16.8. The average Bonchev–Trinajstić information content (AvgIpc) is 3.07. The van der Waals surface area contributed by atoms with Gasteiger partial charge in [0.15, 0.2) is 10.8 Å². The van der Waals surface area contributed by atoms with Crippen molar-refractivity contribution in [3.8, 4) is 17.3 Å². The molecule has 0 aliphatic rings. The van der Waals surface area contributed by atoms with Crippen molar-refractivity contribution in [2.75, 3.05) is 11.1 Å². The highest BCUT2D eigenvalue weighted by Crippen LogP contribution is 2.28. The first-order valence-electron chi connectivity index (χ1n) is 8.21. The van der Waals surface area contributed by atoms with E-state index >= 15 is 0 Å². The summed E-state index contributed by atoms with van der Waals surface area (Å²) >= 11 is 6.07. The second-order valence-electron chi connectivity index (χ2n) is 5.94. The first-order chi connectivity index (χ1) is 14.0. The summed E-state index contributed by atoms with van der Waals surface area (Å²) < 4.78 is 29.5. The number of nitrogens with two attached hydrogens (primary N) is 1. The van der Waals surface area contributed by atoms with E-state index in [0.717, 1.165) is 18.2 Å². The third-order valence-electron chi connectivity index (χ3n) is 4.15. The topological polar surface area (TPSA) is 118 Å². The van der Waals surface area contributed by atoms with E-state index in [4.69, 9.17) is 17.3 Å². The molecule has 0 saturated heterocycles. The minimum absolute atomic E-state index is 0.0232. The lowest BCUT2D eigenvalue weighted by Gasteiger charge is -2.13. The fourth-order valence-corrected chi connectivity index (χ4v) is 2.96. The van der Waals surface area contributed by atoms with Gasteiger partial charge in [-0.1, -0.05) is 11.6 Å². The number of rotatable bonds is 4.